The number of carboxylic acid groups (broad SMARTS) is 1. The van der Waals surface area contributed by atoms with Gasteiger partial charge >= 0.3 is 5.97 Å². The first-order valence-corrected chi connectivity index (χ1v) is 7.03. The van der Waals surface area contributed by atoms with Crippen LogP contribution in [0.5, 0.6) is 5.75 Å². The first kappa shape index (κ1) is 14.7. The molecule has 0 spiro atoms. The number of aromatic amines is 1. The minimum atomic E-state index is -0.924. The summed E-state index contributed by atoms with van der Waals surface area (Å²) in [4.78, 5) is 18.5. The maximum Gasteiger partial charge on any atom is 0.319 e. The Kier molecular flexibility index (Phi) is 4.86. The van der Waals surface area contributed by atoms with Crippen molar-refractivity contribution in [2.24, 2.45) is 0 Å². The van der Waals surface area contributed by atoms with Gasteiger partial charge in [0.2, 0.25) is 0 Å². The van der Waals surface area contributed by atoms with Gasteiger partial charge in [0.15, 0.2) is 5.16 Å². The molecule has 1 unspecified atom stereocenters. The number of fused-ring (bicyclic) bond motifs is 1. The molecule has 108 valence electrons. The van der Waals surface area contributed by atoms with Gasteiger partial charge in [0.25, 0.3) is 0 Å². The van der Waals surface area contributed by atoms with Gasteiger partial charge in [-0.1, -0.05) is 11.8 Å². The van der Waals surface area contributed by atoms with Crippen LogP contribution in [0.25, 0.3) is 11.0 Å². The highest BCUT2D eigenvalue weighted by Crippen LogP contribution is 2.26. The minimum absolute atomic E-state index is 0.126. The molecule has 0 bridgehead atoms. The van der Waals surface area contributed by atoms with Gasteiger partial charge in [-0.3, -0.25) is 4.79 Å². The molecule has 0 saturated carbocycles. The van der Waals surface area contributed by atoms with Crippen LogP contribution >= 0.6 is 11.8 Å². The van der Waals surface area contributed by atoms with Crippen molar-refractivity contribution in [1.82, 2.24) is 9.97 Å². The zero-order chi connectivity index (χ0) is 14.5. The van der Waals surface area contributed by atoms with E-state index in [0.717, 1.165) is 28.5 Å². The maximum absolute atomic E-state index is 11.1. The van der Waals surface area contributed by atoms with Crippen LogP contribution < -0.4 is 4.74 Å². The quantitative estimate of drug-likeness (QED) is 0.762. The van der Waals surface area contributed by atoms with Crippen molar-refractivity contribution in [2.75, 3.05) is 20.3 Å². The molecule has 1 heterocycles. The number of H-pyrrole nitrogens is 1. The van der Waals surface area contributed by atoms with Crippen LogP contribution in [0.1, 0.15) is 6.92 Å². The van der Waals surface area contributed by atoms with E-state index in [1.165, 1.54) is 7.11 Å². The monoisotopic (exact) mass is 296 g/mol. The summed E-state index contributed by atoms with van der Waals surface area (Å²) in [5, 5.41) is 8.96. The van der Waals surface area contributed by atoms with Gasteiger partial charge in [-0.05, 0) is 19.1 Å². The number of ether oxygens (including phenoxy) is 2. The second kappa shape index (κ2) is 6.62. The number of nitrogens with zero attached hydrogens (tertiary/aromatic N) is 1. The van der Waals surface area contributed by atoms with Crippen molar-refractivity contribution in [3.05, 3.63) is 18.2 Å². The highest BCUT2D eigenvalue weighted by molar-refractivity contribution is 8.00. The lowest BCUT2D eigenvalue weighted by atomic mass is 10.3. The van der Waals surface area contributed by atoms with E-state index < -0.39 is 11.2 Å². The van der Waals surface area contributed by atoms with Crippen molar-refractivity contribution >= 4 is 28.8 Å². The molecular weight excluding hydrogens is 280 g/mol. The Hall–Kier alpha value is -1.73. The Morgan fingerprint density at radius 3 is 3.00 bits per heavy atom. The molecule has 1 aromatic heterocycles. The number of nitrogens with one attached hydrogen (secondary N) is 1. The normalized spacial score (nSPS) is 12.5. The summed E-state index contributed by atoms with van der Waals surface area (Å²) >= 11 is 1.13. The van der Waals surface area contributed by atoms with Crippen LogP contribution in [0, 0.1) is 0 Å². The smallest absolute Gasteiger partial charge is 0.319 e. The van der Waals surface area contributed by atoms with Gasteiger partial charge in [-0.25, -0.2) is 4.98 Å². The highest BCUT2D eigenvalue weighted by atomic mass is 32.2. The molecule has 20 heavy (non-hydrogen) atoms. The molecule has 2 rings (SSSR count). The molecular formula is C13H16N2O4S. The van der Waals surface area contributed by atoms with Gasteiger partial charge in [0, 0.05) is 13.2 Å². The molecule has 0 aliphatic rings. The zero-order valence-electron chi connectivity index (χ0n) is 11.3. The number of aromatic nitrogens is 2. The number of methoxy groups -OCH3 is 1. The van der Waals surface area contributed by atoms with Crippen molar-refractivity contribution in [2.45, 2.75) is 17.3 Å². The Bertz CT molecular complexity index is 599. The zero-order valence-corrected chi connectivity index (χ0v) is 12.1. The lowest BCUT2D eigenvalue weighted by Gasteiger charge is -2.07. The number of thioether (sulfide) groups is 1. The summed E-state index contributed by atoms with van der Waals surface area (Å²) < 4.78 is 10.3. The van der Waals surface area contributed by atoms with Crippen molar-refractivity contribution < 1.29 is 19.4 Å². The molecule has 2 N–H and O–H groups in total. The molecule has 0 amide bonds. The van der Waals surface area contributed by atoms with Gasteiger partial charge in [-0.2, -0.15) is 0 Å². The molecule has 1 atom stereocenters. The lowest BCUT2D eigenvalue weighted by molar-refractivity contribution is -0.137. The number of hydrogen-bond donors (Lipinski definition) is 2. The summed E-state index contributed by atoms with van der Waals surface area (Å²) in [7, 11) is 1.48. The summed E-state index contributed by atoms with van der Waals surface area (Å²) in [6.07, 6.45) is 0. The van der Waals surface area contributed by atoms with E-state index in [9.17, 15) is 4.79 Å². The fourth-order valence-electron chi connectivity index (χ4n) is 1.72. The number of carboxylic acids is 1. The number of aliphatic carboxylic acids is 1. The summed E-state index contributed by atoms with van der Waals surface area (Å²) in [5.74, 6) is -0.167. The van der Waals surface area contributed by atoms with Gasteiger partial charge in [0.05, 0.1) is 24.2 Å². The molecule has 0 saturated heterocycles. The maximum atomic E-state index is 11.1. The van der Waals surface area contributed by atoms with Crippen LogP contribution in [-0.4, -0.2) is 46.6 Å². The molecule has 0 aliphatic carbocycles. The third-order valence-corrected chi connectivity index (χ3v) is 3.63. The van der Waals surface area contributed by atoms with Crippen LogP contribution in [0.3, 0.4) is 0 Å². The molecule has 0 aliphatic heterocycles. The Morgan fingerprint density at radius 2 is 2.35 bits per heavy atom. The number of benzene rings is 1. The molecule has 6 nitrogen and oxygen atoms in total. The van der Waals surface area contributed by atoms with Gasteiger partial charge in [-0.15, -0.1) is 0 Å². The Morgan fingerprint density at radius 1 is 1.55 bits per heavy atom. The summed E-state index contributed by atoms with van der Waals surface area (Å²) in [6.45, 7) is 2.64. The topological polar surface area (TPSA) is 84.4 Å². The van der Waals surface area contributed by atoms with Crippen molar-refractivity contribution in [1.29, 1.82) is 0 Å². The first-order chi connectivity index (χ1) is 9.63. The van der Waals surface area contributed by atoms with Gasteiger partial charge in [0.1, 0.15) is 11.0 Å². The molecule has 1 aromatic carbocycles. The predicted molar refractivity (Wildman–Crippen MR) is 76.4 cm³/mol. The van der Waals surface area contributed by atoms with E-state index in [2.05, 4.69) is 9.97 Å². The van der Waals surface area contributed by atoms with E-state index in [1.54, 1.807) is 0 Å². The van der Waals surface area contributed by atoms with Crippen LogP contribution in [-0.2, 0) is 9.53 Å². The summed E-state index contributed by atoms with van der Waals surface area (Å²) in [6, 6.07) is 5.53. The second-order valence-corrected chi connectivity index (χ2v) is 5.25. The number of rotatable bonds is 7. The van der Waals surface area contributed by atoms with E-state index in [0.29, 0.717) is 11.8 Å². The molecule has 0 fully saturated rings. The van der Waals surface area contributed by atoms with E-state index in [1.807, 2.05) is 25.1 Å². The van der Waals surface area contributed by atoms with Crippen LogP contribution in [0.4, 0.5) is 0 Å². The predicted octanol–water partition coefficient (Wildman–Crippen LogP) is 2.15. The third kappa shape index (κ3) is 3.43. The van der Waals surface area contributed by atoms with Crippen LogP contribution in [0.15, 0.2) is 23.4 Å². The Labute approximate surface area is 120 Å². The molecule has 2 aromatic rings. The van der Waals surface area contributed by atoms with E-state index in [-0.39, 0.29) is 6.61 Å². The fourth-order valence-corrected chi connectivity index (χ4v) is 2.61. The van der Waals surface area contributed by atoms with Crippen molar-refractivity contribution in [3.8, 4) is 5.75 Å². The number of carbonyl (C=O) groups is 1. The minimum Gasteiger partial charge on any atom is -0.494 e. The van der Waals surface area contributed by atoms with E-state index in [4.69, 9.17) is 14.6 Å². The second-order valence-electron chi connectivity index (χ2n) is 4.05. The lowest BCUT2D eigenvalue weighted by Crippen LogP contribution is -2.21. The average Bonchev–Trinajstić information content (AvgIpc) is 2.80. The SMILES string of the molecule is CCOc1ccc2nc(SC(COC)C(=O)O)[nH]c2c1. The molecule has 0 radical (unpaired) electrons. The highest BCUT2D eigenvalue weighted by Gasteiger charge is 2.20. The largest absolute Gasteiger partial charge is 0.494 e. The average molecular weight is 296 g/mol. The van der Waals surface area contributed by atoms with Gasteiger partial charge < -0.3 is 19.6 Å². The Balaban J connectivity index is 2.20. The van der Waals surface area contributed by atoms with Crippen molar-refractivity contribution in [3.63, 3.8) is 0 Å². The van der Waals surface area contributed by atoms with E-state index >= 15 is 0 Å². The fraction of sp³-hybridized carbons (Fsp3) is 0.385. The standard InChI is InChI=1S/C13H16N2O4S/c1-3-19-8-4-5-9-10(6-8)15-13(14-9)20-11(7-18-2)12(16)17/h4-6,11H,3,7H2,1-2H3,(H,14,15)(H,16,17). The molecule has 7 heteroatoms. The first-order valence-electron chi connectivity index (χ1n) is 6.15. The van der Waals surface area contributed by atoms with Crippen LogP contribution in [0.2, 0.25) is 0 Å². The number of imidazole rings is 1. The third-order valence-electron chi connectivity index (χ3n) is 2.59. The number of hydrogen-bond acceptors (Lipinski definition) is 5. The summed E-state index contributed by atoms with van der Waals surface area (Å²) in [5.41, 5.74) is 1.59.